The smallest absolute Gasteiger partial charge is 0.217 e. The molecule has 10 heavy (non-hydrogen) atoms. The molecular formula is C8H17NO. The Morgan fingerprint density at radius 2 is 1.90 bits per heavy atom. The predicted octanol–water partition coefficient (Wildman–Crippen LogP) is 1.56. The number of hydrogen-bond acceptors (Lipinski definition) is 1. The predicted molar refractivity (Wildman–Crippen MR) is 42.7 cm³/mol. The van der Waals surface area contributed by atoms with E-state index in [0.29, 0.717) is 12.0 Å². The number of nitrogens with one attached hydrogen (secondary N) is 1. The molecule has 0 aliphatic carbocycles. The quantitative estimate of drug-likeness (QED) is 0.638. The summed E-state index contributed by atoms with van der Waals surface area (Å²) in [6, 6.07) is 0.317. The second-order valence-corrected chi connectivity index (χ2v) is 3.23. The minimum Gasteiger partial charge on any atom is -0.354 e. The number of carbonyl (C=O) groups is 1. The van der Waals surface area contributed by atoms with Gasteiger partial charge in [0, 0.05) is 13.0 Å². The molecule has 1 unspecified atom stereocenters. The van der Waals surface area contributed by atoms with Gasteiger partial charge in [0.15, 0.2) is 0 Å². The summed E-state index contributed by atoms with van der Waals surface area (Å²) in [4.78, 5) is 10.5. The van der Waals surface area contributed by atoms with Crippen LogP contribution in [0, 0.1) is 5.92 Å². The van der Waals surface area contributed by atoms with Crippen LogP contribution in [-0.2, 0) is 4.79 Å². The number of hydrogen-bond donors (Lipinski definition) is 1. The van der Waals surface area contributed by atoms with Crippen LogP contribution in [0.25, 0.3) is 0 Å². The van der Waals surface area contributed by atoms with Crippen molar-refractivity contribution >= 4 is 5.91 Å². The molecule has 0 heterocycles. The lowest BCUT2D eigenvalue weighted by Gasteiger charge is -2.13. The zero-order chi connectivity index (χ0) is 8.15. The molecule has 0 rings (SSSR count). The molecule has 60 valence electrons. The zero-order valence-electron chi connectivity index (χ0n) is 7.27. The average Bonchev–Trinajstić information content (AvgIpc) is 1.58. The largest absolute Gasteiger partial charge is 0.354 e. The van der Waals surface area contributed by atoms with E-state index < -0.39 is 0 Å². The summed E-state index contributed by atoms with van der Waals surface area (Å²) in [5, 5.41) is 2.84. The first-order chi connectivity index (χ1) is 4.52. The maximum Gasteiger partial charge on any atom is 0.217 e. The lowest BCUT2D eigenvalue weighted by molar-refractivity contribution is -0.119. The highest BCUT2D eigenvalue weighted by atomic mass is 16.1. The van der Waals surface area contributed by atoms with Crippen LogP contribution in [0.15, 0.2) is 0 Å². The number of rotatable bonds is 3. The lowest BCUT2D eigenvalue weighted by atomic mass is 10.1. The fourth-order valence-electron chi connectivity index (χ4n) is 1.11. The monoisotopic (exact) mass is 143 g/mol. The minimum atomic E-state index is 0.0631. The molecule has 0 aromatic heterocycles. The van der Waals surface area contributed by atoms with E-state index in [1.807, 2.05) is 6.92 Å². The molecule has 0 saturated carbocycles. The highest BCUT2D eigenvalue weighted by Crippen LogP contribution is 2.02. The third kappa shape index (κ3) is 5.60. The van der Waals surface area contributed by atoms with E-state index in [0.717, 1.165) is 6.42 Å². The van der Waals surface area contributed by atoms with Crippen LogP contribution in [0.3, 0.4) is 0 Å². The molecule has 0 bridgehead atoms. The molecule has 0 spiro atoms. The second-order valence-electron chi connectivity index (χ2n) is 3.23. The molecule has 0 aromatic rings. The first kappa shape index (κ1) is 9.47. The highest BCUT2D eigenvalue weighted by Gasteiger charge is 2.04. The molecule has 1 atom stereocenters. The van der Waals surface area contributed by atoms with Crippen molar-refractivity contribution in [2.24, 2.45) is 5.92 Å². The van der Waals surface area contributed by atoms with Crippen LogP contribution in [0.1, 0.15) is 34.1 Å². The Kier molecular flexibility index (Phi) is 4.08. The molecular weight excluding hydrogens is 126 g/mol. The van der Waals surface area contributed by atoms with Crippen LogP contribution in [0.4, 0.5) is 0 Å². The molecule has 2 nitrogen and oxygen atoms in total. The van der Waals surface area contributed by atoms with Gasteiger partial charge in [-0.15, -0.1) is 0 Å². The summed E-state index contributed by atoms with van der Waals surface area (Å²) in [7, 11) is 0. The molecule has 1 N–H and O–H groups in total. The highest BCUT2D eigenvalue weighted by molar-refractivity contribution is 5.73. The maximum atomic E-state index is 10.5. The van der Waals surface area contributed by atoms with Gasteiger partial charge in [0.2, 0.25) is 5.91 Å². The Balaban J connectivity index is 3.43. The van der Waals surface area contributed by atoms with E-state index in [-0.39, 0.29) is 5.91 Å². The number of amides is 1. The van der Waals surface area contributed by atoms with Gasteiger partial charge in [0.1, 0.15) is 0 Å². The fraction of sp³-hybridized carbons (Fsp3) is 0.875. The maximum absolute atomic E-state index is 10.5. The minimum absolute atomic E-state index is 0.0631. The van der Waals surface area contributed by atoms with Crippen LogP contribution >= 0.6 is 0 Å². The van der Waals surface area contributed by atoms with Crippen molar-refractivity contribution in [2.45, 2.75) is 40.2 Å². The van der Waals surface area contributed by atoms with Gasteiger partial charge >= 0.3 is 0 Å². The van der Waals surface area contributed by atoms with E-state index in [1.54, 1.807) is 6.92 Å². The SMILES string of the molecule is CC(=O)NC(C)CC(C)C. The lowest BCUT2D eigenvalue weighted by Crippen LogP contribution is -2.31. The summed E-state index contributed by atoms with van der Waals surface area (Å²) < 4.78 is 0. The summed E-state index contributed by atoms with van der Waals surface area (Å²) in [5.41, 5.74) is 0. The normalized spacial score (nSPS) is 13.3. The Labute approximate surface area is 63.0 Å². The molecule has 1 amide bonds. The first-order valence-corrected chi connectivity index (χ1v) is 3.79. The van der Waals surface area contributed by atoms with Gasteiger partial charge in [0.25, 0.3) is 0 Å². The molecule has 0 fully saturated rings. The van der Waals surface area contributed by atoms with Crippen molar-refractivity contribution in [3.63, 3.8) is 0 Å². The molecule has 0 saturated heterocycles. The van der Waals surface area contributed by atoms with E-state index in [4.69, 9.17) is 0 Å². The molecule has 0 aliphatic heterocycles. The Morgan fingerprint density at radius 3 is 2.20 bits per heavy atom. The van der Waals surface area contributed by atoms with Gasteiger partial charge in [-0.3, -0.25) is 4.79 Å². The summed E-state index contributed by atoms with van der Waals surface area (Å²) in [5.74, 6) is 0.718. The van der Waals surface area contributed by atoms with Gasteiger partial charge in [-0.05, 0) is 19.3 Å². The summed E-state index contributed by atoms with van der Waals surface area (Å²) in [6.07, 6.45) is 1.06. The number of carbonyl (C=O) groups excluding carboxylic acids is 1. The van der Waals surface area contributed by atoms with Crippen LogP contribution in [0.2, 0.25) is 0 Å². The topological polar surface area (TPSA) is 29.1 Å². The average molecular weight is 143 g/mol. The van der Waals surface area contributed by atoms with Crippen LogP contribution < -0.4 is 5.32 Å². The molecule has 2 heteroatoms. The van der Waals surface area contributed by atoms with E-state index in [9.17, 15) is 4.79 Å². The van der Waals surface area contributed by atoms with Crippen molar-refractivity contribution in [3.05, 3.63) is 0 Å². The Morgan fingerprint density at radius 1 is 1.40 bits per heavy atom. The van der Waals surface area contributed by atoms with Gasteiger partial charge in [-0.1, -0.05) is 13.8 Å². The summed E-state index contributed by atoms with van der Waals surface area (Å²) >= 11 is 0. The Bertz CT molecular complexity index is 110. The first-order valence-electron chi connectivity index (χ1n) is 3.79. The third-order valence-electron chi connectivity index (χ3n) is 1.27. The van der Waals surface area contributed by atoms with E-state index in [2.05, 4.69) is 19.2 Å². The molecule has 0 aromatic carbocycles. The summed E-state index contributed by atoms with van der Waals surface area (Å²) in [6.45, 7) is 7.88. The Hall–Kier alpha value is -0.530. The third-order valence-corrected chi connectivity index (χ3v) is 1.27. The van der Waals surface area contributed by atoms with Crippen molar-refractivity contribution in [1.82, 2.24) is 5.32 Å². The van der Waals surface area contributed by atoms with Crippen molar-refractivity contribution in [3.8, 4) is 0 Å². The standard InChI is InChI=1S/C8H17NO/c1-6(2)5-7(3)9-8(4)10/h6-7H,5H2,1-4H3,(H,9,10). The van der Waals surface area contributed by atoms with Gasteiger partial charge in [-0.25, -0.2) is 0 Å². The van der Waals surface area contributed by atoms with Gasteiger partial charge in [-0.2, -0.15) is 0 Å². The second kappa shape index (κ2) is 4.31. The van der Waals surface area contributed by atoms with Crippen LogP contribution in [-0.4, -0.2) is 11.9 Å². The van der Waals surface area contributed by atoms with Gasteiger partial charge < -0.3 is 5.32 Å². The molecule has 0 aliphatic rings. The van der Waals surface area contributed by atoms with Crippen molar-refractivity contribution in [1.29, 1.82) is 0 Å². The van der Waals surface area contributed by atoms with Crippen molar-refractivity contribution < 1.29 is 4.79 Å². The molecule has 0 radical (unpaired) electrons. The van der Waals surface area contributed by atoms with Crippen molar-refractivity contribution in [2.75, 3.05) is 0 Å². The van der Waals surface area contributed by atoms with Crippen LogP contribution in [0.5, 0.6) is 0 Å². The fourth-order valence-corrected chi connectivity index (χ4v) is 1.11. The van der Waals surface area contributed by atoms with E-state index in [1.165, 1.54) is 0 Å². The van der Waals surface area contributed by atoms with E-state index >= 15 is 0 Å². The zero-order valence-corrected chi connectivity index (χ0v) is 7.27. The van der Waals surface area contributed by atoms with Gasteiger partial charge in [0.05, 0.1) is 0 Å².